The van der Waals surface area contributed by atoms with Gasteiger partial charge in [0, 0.05) is 25.3 Å². The van der Waals surface area contributed by atoms with Crippen molar-refractivity contribution in [3.05, 3.63) is 35.4 Å². The second kappa shape index (κ2) is 10.0. The molecule has 0 aliphatic carbocycles. The van der Waals surface area contributed by atoms with Crippen molar-refractivity contribution in [1.82, 2.24) is 5.32 Å². The van der Waals surface area contributed by atoms with E-state index >= 15 is 0 Å². The Hall–Kier alpha value is -1.82. The smallest absolute Gasteiger partial charge is 0.227 e. The first-order valence-corrected chi connectivity index (χ1v) is 6.24. The number of nitrogens with one attached hydrogen (secondary N) is 1. The predicted molar refractivity (Wildman–Crippen MR) is 71.1 cm³/mol. The van der Waals surface area contributed by atoms with Crippen LogP contribution in [0.1, 0.15) is 25.8 Å². The van der Waals surface area contributed by atoms with Crippen LogP contribution in [0.4, 0.5) is 8.78 Å². The lowest BCUT2D eigenvalue weighted by molar-refractivity contribution is -0.130. The highest BCUT2D eigenvalue weighted by atomic mass is 19.1. The SMILES string of the molecule is CC.COCC(=O)CC(=O)NCc1ccc(F)cc1F. The number of Topliss-reactive ketones (excluding diaryl/α,β-unsaturated/α-hetero) is 1. The highest BCUT2D eigenvalue weighted by molar-refractivity contribution is 5.98. The van der Waals surface area contributed by atoms with Crippen LogP contribution in [0.5, 0.6) is 0 Å². The third-order valence-corrected chi connectivity index (χ3v) is 2.15. The summed E-state index contributed by atoms with van der Waals surface area (Å²) in [4.78, 5) is 22.4. The zero-order valence-electron chi connectivity index (χ0n) is 11.8. The van der Waals surface area contributed by atoms with Gasteiger partial charge in [0.2, 0.25) is 5.91 Å². The maximum Gasteiger partial charge on any atom is 0.227 e. The molecule has 0 fully saturated rings. The van der Waals surface area contributed by atoms with Gasteiger partial charge in [0.05, 0.1) is 6.42 Å². The molecule has 1 aromatic rings. The molecular weight excluding hydrogens is 268 g/mol. The van der Waals surface area contributed by atoms with Crippen LogP contribution in [-0.2, 0) is 20.9 Å². The molecule has 0 saturated carbocycles. The fourth-order valence-electron chi connectivity index (χ4n) is 1.31. The molecule has 1 rings (SSSR count). The molecule has 0 unspecified atom stereocenters. The monoisotopic (exact) mass is 287 g/mol. The van der Waals surface area contributed by atoms with Crippen LogP contribution >= 0.6 is 0 Å². The molecule has 0 heterocycles. The molecule has 1 aromatic carbocycles. The lowest BCUT2D eigenvalue weighted by Crippen LogP contribution is -2.26. The molecule has 0 radical (unpaired) electrons. The molecule has 0 saturated heterocycles. The van der Waals surface area contributed by atoms with Gasteiger partial charge < -0.3 is 10.1 Å². The summed E-state index contributed by atoms with van der Waals surface area (Å²) in [7, 11) is 1.35. The minimum atomic E-state index is -0.737. The summed E-state index contributed by atoms with van der Waals surface area (Å²) in [5.41, 5.74) is 0.156. The molecule has 6 heteroatoms. The highest BCUT2D eigenvalue weighted by Gasteiger charge is 2.10. The first-order chi connectivity index (χ1) is 9.52. The average molecular weight is 287 g/mol. The van der Waals surface area contributed by atoms with Crippen LogP contribution in [0.2, 0.25) is 0 Å². The normalized spacial score (nSPS) is 9.45. The van der Waals surface area contributed by atoms with Crippen LogP contribution in [0.3, 0.4) is 0 Å². The Kier molecular flexibility index (Phi) is 9.11. The first kappa shape index (κ1) is 18.2. The van der Waals surface area contributed by atoms with Gasteiger partial charge in [-0.15, -0.1) is 0 Å². The van der Waals surface area contributed by atoms with Crippen molar-refractivity contribution in [1.29, 1.82) is 0 Å². The van der Waals surface area contributed by atoms with E-state index in [9.17, 15) is 18.4 Å². The minimum Gasteiger partial charge on any atom is -0.377 e. The van der Waals surface area contributed by atoms with Gasteiger partial charge >= 0.3 is 0 Å². The number of carbonyl (C=O) groups excluding carboxylic acids is 2. The Morgan fingerprint density at radius 3 is 2.45 bits per heavy atom. The summed E-state index contributed by atoms with van der Waals surface area (Å²) in [6.07, 6.45) is -0.323. The van der Waals surface area contributed by atoms with Crippen molar-refractivity contribution < 1.29 is 23.1 Å². The molecule has 4 nitrogen and oxygen atoms in total. The Balaban J connectivity index is 0.00000172. The van der Waals surface area contributed by atoms with E-state index < -0.39 is 17.5 Å². The summed E-state index contributed by atoms with van der Waals surface area (Å²) < 4.78 is 30.4. The summed E-state index contributed by atoms with van der Waals surface area (Å²) in [6.45, 7) is 3.77. The van der Waals surface area contributed by atoms with Crippen LogP contribution in [0.15, 0.2) is 18.2 Å². The van der Waals surface area contributed by atoms with Crippen LogP contribution in [-0.4, -0.2) is 25.4 Å². The summed E-state index contributed by atoms with van der Waals surface area (Å²) in [5.74, 6) is -2.31. The molecule has 1 amide bonds. The van der Waals surface area contributed by atoms with Gasteiger partial charge in [0.25, 0.3) is 0 Å². The molecule has 0 atom stereocenters. The van der Waals surface area contributed by atoms with Gasteiger partial charge in [0.15, 0.2) is 5.78 Å². The number of halogens is 2. The van der Waals surface area contributed by atoms with E-state index in [1.54, 1.807) is 0 Å². The van der Waals surface area contributed by atoms with Crippen LogP contribution in [0, 0.1) is 11.6 Å². The molecule has 0 aliphatic heterocycles. The van der Waals surface area contributed by atoms with Gasteiger partial charge in [-0.25, -0.2) is 8.78 Å². The van der Waals surface area contributed by atoms with Crippen LogP contribution in [0.25, 0.3) is 0 Å². The Morgan fingerprint density at radius 2 is 1.90 bits per heavy atom. The Labute approximate surface area is 117 Å². The van der Waals surface area contributed by atoms with E-state index in [1.165, 1.54) is 13.2 Å². The van der Waals surface area contributed by atoms with Crippen molar-refractivity contribution in [2.75, 3.05) is 13.7 Å². The van der Waals surface area contributed by atoms with E-state index in [-0.39, 0.29) is 30.9 Å². The number of ether oxygens (including phenoxy) is 1. The summed E-state index contributed by atoms with van der Waals surface area (Å²) in [5, 5.41) is 2.37. The zero-order valence-corrected chi connectivity index (χ0v) is 11.8. The van der Waals surface area contributed by atoms with E-state index in [4.69, 9.17) is 0 Å². The Morgan fingerprint density at radius 1 is 1.25 bits per heavy atom. The fraction of sp³-hybridized carbons (Fsp3) is 0.429. The molecule has 1 N–H and O–H groups in total. The molecule has 112 valence electrons. The van der Waals surface area contributed by atoms with Gasteiger partial charge in [-0.3, -0.25) is 9.59 Å². The number of carbonyl (C=O) groups is 2. The maximum atomic E-state index is 13.2. The van der Waals surface area contributed by atoms with E-state index in [2.05, 4.69) is 10.1 Å². The largest absolute Gasteiger partial charge is 0.377 e. The molecule has 0 aromatic heterocycles. The number of amides is 1. The van der Waals surface area contributed by atoms with E-state index in [0.29, 0.717) is 0 Å². The highest BCUT2D eigenvalue weighted by Crippen LogP contribution is 2.08. The van der Waals surface area contributed by atoms with E-state index in [1.807, 2.05) is 13.8 Å². The second-order valence-electron chi connectivity index (χ2n) is 3.66. The van der Waals surface area contributed by atoms with Gasteiger partial charge in [-0.2, -0.15) is 0 Å². The predicted octanol–water partition coefficient (Wildman–Crippen LogP) is 2.21. The number of hydrogen-bond donors (Lipinski definition) is 1. The molecule has 0 spiro atoms. The number of methoxy groups -OCH3 is 1. The third kappa shape index (κ3) is 6.94. The van der Waals surface area contributed by atoms with Crippen LogP contribution < -0.4 is 5.32 Å². The third-order valence-electron chi connectivity index (χ3n) is 2.15. The average Bonchev–Trinajstić information content (AvgIpc) is 2.40. The number of hydrogen-bond acceptors (Lipinski definition) is 3. The molecule has 20 heavy (non-hydrogen) atoms. The topological polar surface area (TPSA) is 55.4 Å². The zero-order chi connectivity index (χ0) is 15.5. The number of rotatable bonds is 6. The fourth-order valence-corrected chi connectivity index (χ4v) is 1.31. The van der Waals surface area contributed by atoms with Gasteiger partial charge in [-0.05, 0) is 6.07 Å². The Bertz CT molecular complexity index is 450. The summed E-state index contributed by atoms with van der Waals surface area (Å²) in [6, 6.07) is 3.07. The first-order valence-electron chi connectivity index (χ1n) is 6.24. The molecule has 0 aliphatic rings. The lowest BCUT2D eigenvalue weighted by Gasteiger charge is -2.06. The van der Waals surface area contributed by atoms with Crippen molar-refractivity contribution in [2.24, 2.45) is 0 Å². The standard InChI is InChI=1S/C12H13F2NO3.C2H6/c1-18-7-10(16)5-12(17)15-6-8-2-3-9(13)4-11(8)14;1-2/h2-4H,5-7H2,1H3,(H,15,17);1-2H3. The molecular formula is C14H19F2NO3. The van der Waals surface area contributed by atoms with Gasteiger partial charge in [-0.1, -0.05) is 19.9 Å². The van der Waals surface area contributed by atoms with E-state index in [0.717, 1.165) is 12.1 Å². The summed E-state index contributed by atoms with van der Waals surface area (Å²) >= 11 is 0. The van der Waals surface area contributed by atoms with Crippen molar-refractivity contribution in [3.63, 3.8) is 0 Å². The number of ketones is 1. The van der Waals surface area contributed by atoms with Gasteiger partial charge in [0.1, 0.15) is 18.2 Å². The maximum absolute atomic E-state index is 13.2. The number of benzene rings is 1. The van der Waals surface area contributed by atoms with Crippen molar-refractivity contribution in [3.8, 4) is 0 Å². The van der Waals surface area contributed by atoms with Crippen molar-refractivity contribution in [2.45, 2.75) is 26.8 Å². The van der Waals surface area contributed by atoms with Crippen molar-refractivity contribution >= 4 is 11.7 Å². The second-order valence-corrected chi connectivity index (χ2v) is 3.66. The molecule has 0 bridgehead atoms. The lowest BCUT2D eigenvalue weighted by atomic mass is 10.2. The quantitative estimate of drug-likeness (QED) is 0.816. The minimum absolute atomic E-state index is 0.0921.